The second-order valence-corrected chi connectivity index (χ2v) is 7.29. The van der Waals surface area contributed by atoms with Crippen molar-refractivity contribution in [2.24, 2.45) is 29.4 Å². The van der Waals surface area contributed by atoms with Crippen molar-refractivity contribution in [2.45, 2.75) is 51.1 Å². The Labute approximate surface area is 124 Å². The van der Waals surface area contributed by atoms with Gasteiger partial charge >= 0.3 is 0 Å². The molecule has 0 spiro atoms. The third-order valence-corrected chi connectivity index (χ3v) is 5.67. The molecule has 4 saturated carbocycles. The predicted octanol–water partition coefficient (Wildman–Crippen LogP) is 2.25. The van der Waals surface area contributed by atoms with Crippen molar-refractivity contribution in [2.75, 3.05) is 0 Å². The summed E-state index contributed by atoms with van der Waals surface area (Å²) in [5.74, 6) is 3.48. The fraction of sp³-hybridized carbons (Fsp3) is 0.750. The third kappa shape index (κ3) is 2.27. The fourth-order valence-electron chi connectivity index (χ4n) is 4.99. The van der Waals surface area contributed by atoms with Crippen LogP contribution in [-0.2, 0) is 0 Å². The van der Waals surface area contributed by atoms with Gasteiger partial charge < -0.3 is 15.5 Å². The average Bonchev–Trinajstić information content (AvgIpc) is 2.92. The van der Waals surface area contributed by atoms with Crippen LogP contribution in [0.3, 0.4) is 0 Å². The Bertz CT molecular complexity index is 523. The van der Waals surface area contributed by atoms with Gasteiger partial charge in [0.2, 0.25) is 5.89 Å². The van der Waals surface area contributed by atoms with Crippen molar-refractivity contribution < 1.29 is 9.21 Å². The van der Waals surface area contributed by atoms with Gasteiger partial charge in [-0.2, -0.15) is 0 Å². The molecule has 21 heavy (non-hydrogen) atoms. The van der Waals surface area contributed by atoms with Gasteiger partial charge in [0, 0.05) is 6.04 Å². The number of hydrogen-bond donors (Lipinski definition) is 2. The smallest absolute Gasteiger partial charge is 0.273 e. The van der Waals surface area contributed by atoms with Crippen LogP contribution >= 0.6 is 0 Å². The first-order valence-corrected chi connectivity index (χ1v) is 8.12. The summed E-state index contributed by atoms with van der Waals surface area (Å²) < 4.78 is 5.26. The Morgan fingerprint density at radius 3 is 2.43 bits per heavy atom. The molecule has 4 aliphatic rings. The molecule has 3 N–H and O–H groups in total. The molecule has 1 amide bonds. The normalized spacial score (nSPS) is 38.5. The number of amides is 1. The molecule has 1 aromatic rings. The van der Waals surface area contributed by atoms with E-state index in [1.165, 1.54) is 38.4 Å². The van der Waals surface area contributed by atoms with E-state index >= 15 is 0 Å². The lowest BCUT2D eigenvalue weighted by molar-refractivity contribution is -0.0120. The van der Waals surface area contributed by atoms with E-state index < -0.39 is 0 Å². The average molecular weight is 289 g/mol. The minimum Gasteiger partial charge on any atom is -0.446 e. The van der Waals surface area contributed by atoms with Crippen LogP contribution in [0.5, 0.6) is 0 Å². The van der Waals surface area contributed by atoms with Crippen LogP contribution in [-0.4, -0.2) is 16.9 Å². The molecule has 5 nitrogen and oxygen atoms in total. The number of rotatable bonds is 3. The van der Waals surface area contributed by atoms with Crippen molar-refractivity contribution in [3.8, 4) is 0 Å². The van der Waals surface area contributed by atoms with Gasteiger partial charge in [-0.15, -0.1) is 0 Å². The monoisotopic (exact) mass is 289 g/mol. The second kappa shape index (κ2) is 4.83. The van der Waals surface area contributed by atoms with Crippen molar-refractivity contribution in [1.82, 2.24) is 10.3 Å². The number of aromatic nitrogens is 1. The number of hydrogen-bond acceptors (Lipinski definition) is 4. The lowest BCUT2D eigenvalue weighted by Crippen LogP contribution is -2.55. The van der Waals surface area contributed by atoms with Crippen molar-refractivity contribution in [3.05, 3.63) is 17.8 Å². The number of carbonyl (C=O) groups is 1. The van der Waals surface area contributed by atoms with E-state index in [2.05, 4.69) is 10.3 Å². The number of nitrogens with zero attached hydrogens (tertiary/aromatic N) is 1. The first-order valence-electron chi connectivity index (χ1n) is 8.12. The van der Waals surface area contributed by atoms with Gasteiger partial charge in [0.05, 0.1) is 6.04 Å². The van der Waals surface area contributed by atoms with Crippen LogP contribution in [0.2, 0.25) is 0 Å². The maximum Gasteiger partial charge on any atom is 0.273 e. The minimum absolute atomic E-state index is 0.108. The van der Waals surface area contributed by atoms with Crippen molar-refractivity contribution >= 4 is 5.91 Å². The summed E-state index contributed by atoms with van der Waals surface area (Å²) in [6.07, 6.45) is 8.02. The van der Waals surface area contributed by atoms with Gasteiger partial charge in [-0.05, 0) is 62.7 Å². The molecule has 0 radical (unpaired) electrons. The van der Waals surface area contributed by atoms with Gasteiger partial charge in [0.15, 0.2) is 5.69 Å². The van der Waals surface area contributed by atoms with E-state index in [4.69, 9.17) is 10.2 Å². The molecule has 0 aliphatic heterocycles. The van der Waals surface area contributed by atoms with Crippen LogP contribution in [0.1, 0.15) is 61.4 Å². The molecule has 5 heteroatoms. The number of nitrogens with one attached hydrogen (secondary N) is 1. The number of carbonyl (C=O) groups excluding carboxylic acids is 1. The summed E-state index contributed by atoms with van der Waals surface area (Å²) in [4.78, 5) is 16.6. The molecule has 1 unspecified atom stereocenters. The topological polar surface area (TPSA) is 81.1 Å². The maximum absolute atomic E-state index is 12.4. The second-order valence-electron chi connectivity index (χ2n) is 7.29. The van der Waals surface area contributed by atoms with Crippen molar-refractivity contribution in [1.29, 1.82) is 0 Å². The first kappa shape index (κ1) is 13.3. The van der Waals surface area contributed by atoms with Crippen LogP contribution < -0.4 is 11.1 Å². The molecular weight excluding hydrogens is 266 g/mol. The molecule has 5 rings (SSSR count). The summed E-state index contributed by atoms with van der Waals surface area (Å²) in [6.45, 7) is 1.80. The van der Waals surface area contributed by atoms with E-state index in [1.54, 1.807) is 6.92 Å². The largest absolute Gasteiger partial charge is 0.446 e. The Kier molecular flexibility index (Phi) is 3.06. The third-order valence-electron chi connectivity index (χ3n) is 5.67. The minimum atomic E-state index is -0.285. The summed E-state index contributed by atoms with van der Waals surface area (Å²) in [5, 5.41) is 3.23. The molecule has 1 atom stereocenters. The zero-order valence-electron chi connectivity index (χ0n) is 12.4. The van der Waals surface area contributed by atoms with Gasteiger partial charge in [-0.3, -0.25) is 4.79 Å². The van der Waals surface area contributed by atoms with Gasteiger partial charge in [0.1, 0.15) is 6.26 Å². The number of nitrogens with two attached hydrogens (primary N) is 1. The highest BCUT2D eigenvalue weighted by Crippen LogP contribution is 2.53. The molecule has 1 heterocycles. The van der Waals surface area contributed by atoms with Crippen LogP contribution in [0.15, 0.2) is 10.7 Å². The van der Waals surface area contributed by atoms with Gasteiger partial charge in [0.25, 0.3) is 5.91 Å². The predicted molar refractivity (Wildman–Crippen MR) is 77.4 cm³/mol. The zero-order valence-corrected chi connectivity index (χ0v) is 12.4. The van der Waals surface area contributed by atoms with Crippen LogP contribution in [0, 0.1) is 23.7 Å². The SMILES string of the molecule is CC(N)c1nc(C(=O)NC2C3CC4CC(C3)CC2C4)co1. The molecule has 114 valence electrons. The molecule has 4 aliphatic carbocycles. The van der Waals surface area contributed by atoms with E-state index in [0.29, 0.717) is 29.5 Å². The molecule has 0 aromatic carbocycles. The molecule has 4 bridgehead atoms. The fourth-order valence-corrected chi connectivity index (χ4v) is 4.99. The highest BCUT2D eigenvalue weighted by molar-refractivity contribution is 5.92. The molecule has 0 saturated heterocycles. The van der Waals surface area contributed by atoms with Gasteiger partial charge in [-0.1, -0.05) is 0 Å². The van der Waals surface area contributed by atoms with Crippen LogP contribution in [0.4, 0.5) is 0 Å². The van der Waals surface area contributed by atoms with E-state index in [-0.39, 0.29) is 11.9 Å². The Morgan fingerprint density at radius 2 is 1.90 bits per heavy atom. The lowest BCUT2D eigenvalue weighted by atomic mass is 9.54. The van der Waals surface area contributed by atoms with Crippen molar-refractivity contribution in [3.63, 3.8) is 0 Å². The molecule has 4 fully saturated rings. The quantitative estimate of drug-likeness (QED) is 0.894. The lowest BCUT2D eigenvalue weighted by Gasteiger charge is -2.54. The Morgan fingerprint density at radius 1 is 1.29 bits per heavy atom. The Hall–Kier alpha value is -1.36. The number of oxazole rings is 1. The summed E-state index contributed by atoms with van der Waals surface area (Å²) >= 11 is 0. The zero-order chi connectivity index (χ0) is 14.6. The summed E-state index contributed by atoms with van der Waals surface area (Å²) in [5.41, 5.74) is 6.08. The first-order chi connectivity index (χ1) is 10.1. The Balaban J connectivity index is 1.47. The maximum atomic E-state index is 12.4. The molecular formula is C16H23N3O2. The van der Waals surface area contributed by atoms with Gasteiger partial charge in [-0.25, -0.2) is 4.98 Å². The highest BCUT2D eigenvalue weighted by Gasteiger charge is 2.48. The van der Waals surface area contributed by atoms with Crippen LogP contribution in [0.25, 0.3) is 0 Å². The van der Waals surface area contributed by atoms with E-state index in [1.807, 2.05) is 0 Å². The summed E-state index contributed by atoms with van der Waals surface area (Å²) in [7, 11) is 0. The standard InChI is InChI=1S/C16H23N3O2/c1-8(17)16-18-13(7-21-16)15(20)19-14-11-3-9-2-10(5-11)6-12(14)4-9/h7-12,14H,2-6,17H2,1H3,(H,19,20). The molecule has 1 aromatic heterocycles. The van der Waals surface area contributed by atoms with E-state index in [9.17, 15) is 4.79 Å². The van der Waals surface area contributed by atoms with E-state index in [0.717, 1.165) is 11.8 Å². The summed E-state index contributed by atoms with van der Waals surface area (Å²) in [6, 6.07) is 0.0495. The highest BCUT2D eigenvalue weighted by atomic mass is 16.3.